The highest BCUT2D eigenvalue weighted by Gasteiger charge is 2.08. The van der Waals surface area contributed by atoms with E-state index in [4.69, 9.17) is 10.9 Å². The van der Waals surface area contributed by atoms with E-state index in [-0.39, 0.29) is 5.84 Å². The van der Waals surface area contributed by atoms with Crippen LogP contribution < -0.4 is 5.73 Å². The molecule has 0 heterocycles. The molecule has 0 aliphatic heterocycles. The van der Waals surface area contributed by atoms with Crippen LogP contribution in [0.1, 0.15) is 12.5 Å². The van der Waals surface area contributed by atoms with Gasteiger partial charge in [-0.2, -0.15) is 0 Å². The summed E-state index contributed by atoms with van der Waals surface area (Å²) in [6.45, 7) is 1.98. The predicted molar refractivity (Wildman–Crippen MR) is 55.3 cm³/mol. The first kappa shape index (κ1) is 10.8. The largest absolute Gasteiger partial charge is 0.409 e. The number of hydrogen-bond acceptors (Lipinski definition) is 3. The molecule has 0 saturated heterocycles. The van der Waals surface area contributed by atoms with Crippen LogP contribution >= 0.6 is 11.8 Å². The molecular weight excluding hydrogens is 203 g/mol. The molecular formula is C9H11FN2OS. The van der Waals surface area contributed by atoms with E-state index in [1.807, 2.05) is 6.92 Å². The van der Waals surface area contributed by atoms with E-state index < -0.39 is 5.82 Å². The molecule has 0 radical (unpaired) electrons. The highest BCUT2D eigenvalue weighted by molar-refractivity contribution is 7.99. The normalized spacial score (nSPS) is 11.7. The van der Waals surface area contributed by atoms with Crippen molar-refractivity contribution in [3.05, 3.63) is 29.6 Å². The zero-order valence-corrected chi connectivity index (χ0v) is 8.51. The van der Waals surface area contributed by atoms with Gasteiger partial charge >= 0.3 is 0 Å². The Bertz CT molecular complexity index is 355. The van der Waals surface area contributed by atoms with E-state index in [0.717, 1.165) is 10.6 Å². The van der Waals surface area contributed by atoms with Crippen LogP contribution in [0.15, 0.2) is 28.3 Å². The van der Waals surface area contributed by atoms with Crippen molar-refractivity contribution >= 4 is 17.6 Å². The molecule has 3 N–H and O–H groups in total. The summed E-state index contributed by atoms with van der Waals surface area (Å²) in [6.07, 6.45) is 0. The number of oxime groups is 1. The molecule has 0 aliphatic rings. The van der Waals surface area contributed by atoms with Gasteiger partial charge in [0.1, 0.15) is 5.82 Å². The minimum Gasteiger partial charge on any atom is -0.409 e. The summed E-state index contributed by atoms with van der Waals surface area (Å²) in [6, 6.07) is 4.23. The number of hydrogen-bond donors (Lipinski definition) is 2. The molecule has 0 spiro atoms. The predicted octanol–water partition coefficient (Wildman–Crippen LogP) is 2.03. The molecule has 0 aliphatic carbocycles. The van der Waals surface area contributed by atoms with Crippen molar-refractivity contribution < 1.29 is 9.60 Å². The van der Waals surface area contributed by atoms with Gasteiger partial charge < -0.3 is 10.9 Å². The molecule has 0 amide bonds. The van der Waals surface area contributed by atoms with Crippen LogP contribution in [0.3, 0.4) is 0 Å². The quantitative estimate of drug-likeness (QED) is 0.266. The van der Waals surface area contributed by atoms with Gasteiger partial charge in [-0.15, -0.1) is 11.8 Å². The Kier molecular flexibility index (Phi) is 3.76. The average molecular weight is 214 g/mol. The molecule has 0 fully saturated rings. The second kappa shape index (κ2) is 4.85. The van der Waals surface area contributed by atoms with Crippen molar-refractivity contribution in [3.63, 3.8) is 0 Å². The van der Waals surface area contributed by atoms with E-state index in [0.29, 0.717) is 5.56 Å². The van der Waals surface area contributed by atoms with E-state index in [1.165, 1.54) is 23.9 Å². The number of benzene rings is 1. The van der Waals surface area contributed by atoms with Gasteiger partial charge in [-0.05, 0) is 24.0 Å². The van der Waals surface area contributed by atoms with Crippen molar-refractivity contribution in [2.45, 2.75) is 11.8 Å². The van der Waals surface area contributed by atoms with E-state index in [2.05, 4.69) is 5.16 Å². The Morgan fingerprint density at radius 3 is 2.93 bits per heavy atom. The first-order valence-electron chi connectivity index (χ1n) is 4.09. The zero-order chi connectivity index (χ0) is 10.6. The van der Waals surface area contributed by atoms with E-state index >= 15 is 0 Å². The monoisotopic (exact) mass is 214 g/mol. The van der Waals surface area contributed by atoms with Crippen molar-refractivity contribution in [1.29, 1.82) is 0 Å². The Morgan fingerprint density at radius 1 is 1.64 bits per heavy atom. The lowest BCUT2D eigenvalue weighted by atomic mass is 10.2. The van der Waals surface area contributed by atoms with Crippen LogP contribution in [0.4, 0.5) is 4.39 Å². The fourth-order valence-corrected chi connectivity index (χ4v) is 1.83. The Labute approximate surface area is 85.8 Å². The lowest BCUT2D eigenvalue weighted by Crippen LogP contribution is -2.14. The molecule has 0 bridgehead atoms. The van der Waals surface area contributed by atoms with Gasteiger partial charge in [0, 0.05) is 10.5 Å². The molecule has 14 heavy (non-hydrogen) atoms. The summed E-state index contributed by atoms with van der Waals surface area (Å²) in [7, 11) is 0. The highest BCUT2D eigenvalue weighted by atomic mass is 32.2. The zero-order valence-electron chi connectivity index (χ0n) is 7.70. The number of nitrogens with two attached hydrogens (primary N) is 1. The molecule has 3 nitrogen and oxygen atoms in total. The minimum atomic E-state index is -0.396. The summed E-state index contributed by atoms with van der Waals surface area (Å²) >= 11 is 1.52. The van der Waals surface area contributed by atoms with Crippen molar-refractivity contribution in [2.75, 3.05) is 5.75 Å². The number of amidine groups is 1. The minimum absolute atomic E-state index is 0.0690. The number of halogens is 1. The van der Waals surface area contributed by atoms with Crippen LogP contribution in [0, 0.1) is 5.82 Å². The van der Waals surface area contributed by atoms with E-state index in [1.54, 1.807) is 6.07 Å². The van der Waals surface area contributed by atoms with Crippen LogP contribution in [0.5, 0.6) is 0 Å². The molecule has 1 aromatic rings. The fourth-order valence-electron chi connectivity index (χ4n) is 1.04. The standard InChI is InChI=1S/C9H11FN2OS/c1-2-14-8-4-3-6(10)5-7(8)9(11)12-13/h3-5,13H,2H2,1H3,(H2,11,12). The lowest BCUT2D eigenvalue weighted by Gasteiger charge is -2.06. The molecule has 1 aromatic carbocycles. The molecule has 76 valence electrons. The smallest absolute Gasteiger partial charge is 0.171 e. The topological polar surface area (TPSA) is 58.6 Å². The number of rotatable bonds is 3. The number of nitrogens with zero attached hydrogens (tertiary/aromatic N) is 1. The lowest BCUT2D eigenvalue weighted by molar-refractivity contribution is 0.318. The first-order chi connectivity index (χ1) is 6.69. The van der Waals surface area contributed by atoms with Gasteiger partial charge in [0.15, 0.2) is 5.84 Å². The third-order valence-corrected chi connectivity index (χ3v) is 2.58. The molecule has 0 saturated carbocycles. The van der Waals surface area contributed by atoms with Crippen molar-refractivity contribution in [2.24, 2.45) is 10.9 Å². The average Bonchev–Trinajstić information content (AvgIpc) is 2.20. The van der Waals surface area contributed by atoms with E-state index in [9.17, 15) is 4.39 Å². The third kappa shape index (κ3) is 2.38. The maximum absolute atomic E-state index is 12.9. The van der Waals surface area contributed by atoms with Crippen LogP contribution in [-0.4, -0.2) is 16.8 Å². The van der Waals surface area contributed by atoms with Crippen LogP contribution in [-0.2, 0) is 0 Å². The molecule has 1 rings (SSSR count). The summed E-state index contributed by atoms with van der Waals surface area (Å²) < 4.78 is 12.9. The summed E-state index contributed by atoms with van der Waals surface area (Å²) in [5.74, 6) is 0.379. The van der Waals surface area contributed by atoms with Gasteiger partial charge in [0.2, 0.25) is 0 Å². The van der Waals surface area contributed by atoms with Gasteiger partial charge in [-0.1, -0.05) is 12.1 Å². The van der Waals surface area contributed by atoms with Gasteiger partial charge in [0.05, 0.1) is 0 Å². The Hall–Kier alpha value is -1.23. The third-order valence-electron chi connectivity index (χ3n) is 1.63. The maximum Gasteiger partial charge on any atom is 0.171 e. The molecule has 0 aromatic heterocycles. The summed E-state index contributed by atoms with van der Waals surface area (Å²) in [5.41, 5.74) is 5.84. The Balaban J connectivity index is 3.15. The molecule has 5 heteroatoms. The van der Waals surface area contributed by atoms with Gasteiger partial charge in [-0.3, -0.25) is 0 Å². The first-order valence-corrected chi connectivity index (χ1v) is 5.07. The van der Waals surface area contributed by atoms with Crippen molar-refractivity contribution in [3.8, 4) is 0 Å². The summed E-state index contributed by atoms with van der Waals surface area (Å²) in [5, 5.41) is 11.4. The SMILES string of the molecule is CCSc1ccc(F)cc1C(N)=NO. The highest BCUT2D eigenvalue weighted by Crippen LogP contribution is 2.23. The second-order valence-electron chi connectivity index (χ2n) is 2.56. The molecule has 0 atom stereocenters. The Morgan fingerprint density at radius 2 is 2.36 bits per heavy atom. The number of thioether (sulfide) groups is 1. The summed E-state index contributed by atoms with van der Waals surface area (Å²) in [4.78, 5) is 0.809. The molecule has 0 unspecified atom stereocenters. The van der Waals surface area contributed by atoms with Gasteiger partial charge in [-0.25, -0.2) is 4.39 Å². The fraction of sp³-hybridized carbons (Fsp3) is 0.222. The van der Waals surface area contributed by atoms with Crippen LogP contribution in [0.2, 0.25) is 0 Å². The van der Waals surface area contributed by atoms with Gasteiger partial charge in [0.25, 0.3) is 0 Å². The second-order valence-corrected chi connectivity index (χ2v) is 3.86. The van der Waals surface area contributed by atoms with Crippen LogP contribution in [0.25, 0.3) is 0 Å². The van der Waals surface area contributed by atoms with Crippen molar-refractivity contribution in [1.82, 2.24) is 0 Å². The maximum atomic E-state index is 12.9.